The maximum Gasteiger partial charge on any atom is 0.276 e. The first kappa shape index (κ1) is 18.4. The molecule has 3 aromatic rings. The van der Waals surface area contributed by atoms with Crippen molar-refractivity contribution in [3.05, 3.63) is 48.2 Å². The van der Waals surface area contributed by atoms with Gasteiger partial charge in [0.1, 0.15) is 11.6 Å². The minimum atomic E-state index is -0.0400. The SMILES string of the molecule is CCc1ocnc1C(=O)N1CCC(c2nnc(Cn3ccnc3)n2CC)CC1. The Hall–Kier alpha value is -2.97. The zero-order valence-corrected chi connectivity index (χ0v) is 16.3. The molecule has 4 rings (SSSR count). The summed E-state index contributed by atoms with van der Waals surface area (Å²) in [5.41, 5.74) is 0.445. The molecule has 0 bridgehead atoms. The van der Waals surface area contributed by atoms with Gasteiger partial charge < -0.3 is 18.5 Å². The number of imidazole rings is 1. The maximum absolute atomic E-state index is 12.8. The van der Waals surface area contributed by atoms with E-state index in [1.807, 2.05) is 22.6 Å². The Morgan fingerprint density at radius 2 is 2.07 bits per heavy atom. The van der Waals surface area contributed by atoms with Gasteiger partial charge in [0.05, 0.1) is 12.9 Å². The van der Waals surface area contributed by atoms with Crippen LogP contribution in [0.25, 0.3) is 0 Å². The van der Waals surface area contributed by atoms with E-state index in [1.54, 1.807) is 12.5 Å². The van der Waals surface area contributed by atoms with E-state index in [-0.39, 0.29) is 5.91 Å². The number of aryl methyl sites for hydroxylation is 1. The van der Waals surface area contributed by atoms with Crippen molar-refractivity contribution in [2.24, 2.45) is 0 Å². The fraction of sp³-hybridized carbons (Fsp3) is 0.526. The zero-order chi connectivity index (χ0) is 19.5. The molecule has 0 saturated carbocycles. The predicted octanol–water partition coefficient (Wildman–Crippen LogP) is 2.11. The minimum Gasteiger partial charge on any atom is -0.448 e. The summed E-state index contributed by atoms with van der Waals surface area (Å²) in [6, 6.07) is 0. The highest BCUT2D eigenvalue weighted by Gasteiger charge is 2.30. The molecule has 28 heavy (non-hydrogen) atoms. The van der Waals surface area contributed by atoms with E-state index >= 15 is 0 Å². The Balaban J connectivity index is 1.44. The molecule has 0 unspecified atom stereocenters. The van der Waals surface area contributed by atoms with Crippen LogP contribution in [0.15, 0.2) is 29.5 Å². The molecule has 9 heteroatoms. The molecule has 1 amide bonds. The molecule has 1 saturated heterocycles. The van der Waals surface area contributed by atoms with Gasteiger partial charge in [-0.05, 0) is 19.8 Å². The highest BCUT2D eigenvalue weighted by Crippen LogP contribution is 2.28. The van der Waals surface area contributed by atoms with Gasteiger partial charge >= 0.3 is 0 Å². The van der Waals surface area contributed by atoms with Gasteiger partial charge in [0, 0.05) is 44.4 Å². The number of piperidine rings is 1. The fourth-order valence-corrected chi connectivity index (χ4v) is 3.84. The number of carbonyl (C=O) groups excluding carboxylic acids is 1. The Morgan fingerprint density at radius 3 is 2.75 bits per heavy atom. The molecule has 1 fully saturated rings. The van der Waals surface area contributed by atoms with Crippen molar-refractivity contribution in [3.8, 4) is 0 Å². The topological polar surface area (TPSA) is 94.9 Å². The van der Waals surface area contributed by atoms with Crippen LogP contribution in [-0.4, -0.2) is 53.2 Å². The summed E-state index contributed by atoms with van der Waals surface area (Å²) in [5, 5.41) is 8.90. The standard InChI is InChI=1S/C19H25N7O2/c1-3-15-17(21-13-28-15)19(27)25-8-5-14(6-9-25)18-23-22-16(26(18)4-2)11-24-10-7-20-12-24/h7,10,12-14H,3-6,8-9,11H2,1-2H3. The van der Waals surface area contributed by atoms with Gasteiger partial charge in [0.25, 0.3) is 5.91 Å². The second-order valence-electron chi connectivity index (χ2n) is 7.00. The number of hydrogen-bond acceptors (Lipinski definition) is 6. The molecule has 1 aliphatic rings. The van der Waals surface area contributed by atoms with Crippen LogP contribution in [0.2, 0.25) is 0 Å². The van der Waals surface area contributed by atoms with Crippen molar-refractivity contribution in [2.75, 3.05) is 13.1 Å². The first-order valence-corrected chi connectivity index (χ1v) is 9.80. The average molecular weight is 383 g/mol. The van der Waals surface area contributed by atoms with Crippen molar-refractivity contribution >= 4 is 5.91 Å². The van der Waals surface area contributed by atoms with Gasteiger partial charge in [0.2, 0.25) is 0 Å². The molecule has 9 nitrogen and oxygen atoms in total. The van der Waals surface area contributed by atoms with E-state index in [0.717, 1.165) is 31.0 Å². The monoisotopic (exact) mass is 383 g/mol. The maximum atomic E-state index is 12.8. The third kappa shape index (κ3) is 3.44. The van der Waals surface area contributed by atoms with Crippen LogP contribution < -0.4 is 0 Å². The van der Waals surface area contributed by atoms with Gasteiger partial charge in [-0.3, -0.25) is 4.79 Å². The Bertz CT molecular complexity index is 920. The smallest absolute Gasteiger partial charge is 0.276 e. The molecule has 0 aliphatic carbocycles. The highest BCUT2D eigenvalue weighted by molar-refractivity contribution is 5.93. The lowest BCUT2D eigenvalue weighted by atomic mass is 9.95. The first-order valence-electron chi connectivity index (χ1n) is 9.80. The predicted molar refractivity (Wildman–Crippen MR) is 101 cm³/mol. The molecule has 4 heterocycles. The summed E-state index contributed by atoms with van der Waals surface area (Å²) in [4.78, 5) is 22.8. The molecule has 0 aromatic carbocycles. The summed E-state index contributed by atoms with van der Waals surface area (Å²) in [6.07, 6.45) is 9.22. The molecule has 0 atom stereocenters. The van der Waals surface area contributed by atoms with Crippen LogP contribution in [0, 0.1) is 0 Å². The van der Waals surface area contributed by atoms with E-state index in [4.69, 9.17) is 4.42 Å². The average Bonchev–Trinajstić information content (AvgIpc) is 3.48. The summed E-state index contributed by atoms with van der Waals surface area (Å²) in [5.74, 6) is 2.87. The minimum absolute atomic E-state index is 0.0400. The number of aromatic nitrogens is 6. The Kier molecular flexibility index (Phi) is 5.23. The van der Waals surface area contributed by atoms with Crippen LogP contribution in [0.1, 0.15) is 60.5 Å². The van der Waals surface area contributed by atoms with Gasteiger partial charge in [-0.15, -0.1) is 10.2 Å². The van der Waals surface area contributed by atoms with Crippen molar-refractivity contribution < 1.29 is 9.21 Å². The number of likely N-dealkylation sites (tertiary alicyclic amines) is 1. The van der Waals surface area contributed by atoms with E-state index in [2.05, 4.69) is 31.7 Å². The summed E-state index contributed by atoms with van der Waals surface area (Å²) in [7, 11) is 0. The number of hydrogen-bond donors (Lipinski definition) is 0. The lowest BCUT2D eigenvalue weighted by Crippen LogP contribution is -2.39. The molecular formula is C19H25N7O2. The van der Waals surface area contributed by atoms with Crippen LogP contribution >= 0.6 is 0 Å². The molecule has 0 N–H and O–H groups in total. The number of rotatable bonds is 6. The lowest BCUT2D eigenvalue weighted by molar-refractivity contribution is 0.0702. The molecule has 0 spiro atoms. The lowest BCUT2D eigenvalue weighted by Gasteiger charge is -2.31. The largest absolute Gasteiger partial charge is 0.448 e. The van der Waals surface area contributed by atoms with Crippen molar-refractivity contribution in [3.63, 3.8) is 0 Å². The molecule has 0 radical (unpaired) electrons. The molecule has 148 valence electrons. The fourth-order valence-electron chi connectivity index (χ4n) is 3.84. The van der Waals surface area contributed by atoms with Crippen LogP contribution in [0.5, 0.6) is 0 Å². The number of amides is 1. The van der Waals surface area contributed by atoms with Gasteiger partial charge in [-0.1, -0.05) is 6.92 Å². The van der Waals surface area contributed by atoms with E-state index < -0.39 is 0 Å². The second-order valence-corrected chi connectivity index (χ2v) is 7.00. The van der Waals surface area contributed by atoms with Gasteiger partial charge in [-0.2, -0.15) is 0 Å². The normalized spacial score (nSPS) is 15.3. The Labute approximate surface area is 163 Å². The molecule has 3 aromatic heterocycles. The van der Waals surface area contributed by atoms with Crippen molar-refractivity contribution in [1.82, 2.24) is 34.2 Å². The van der Waals surface area contributed by atoms with Crippen LogP contribution in [0.4, 0.5) is 0 Å². The quantitative estimate of drug-likeness (QED) is 0.647. The summed E-state index contributed by atoms with van der Waals surface area (Å²) < 4.78 is 9.49. The number of nitrogens with zero attached hydrogens (tertiary/aromatic N) is 7. The van der Waals surface area contributed by atoms with Crippen molar-refractivity contribution in [1.29, 1.82) is 0 Å². The Morgan fingerprint density at radius 1 is 1.25 bits per heavy atom. The van der Waals surface area contributed by atoms with E-state index in [9.17, 15) is 4.79 Å². The van der Waals surface area contributed by atoms with Gasteiger partial charge in [0.15, 0.2) is 17.9 Å². The van der Waals surface area contributed by atoms with Gasteiger partial charge in [-0.25, -0.2) is 9.97 Å². The van der Waals surface area contributed by atoms with E-state index in [1.165, 1.54) is 6.39 Å². The number of carbonyl (C=O) groups is 1. The third-order valence-electron chi connectivity index (χ3n) is 5.37. The zero-order valence-electron chi connectivity index (χ0n) is 16.3. The molecular weight excluding hydrogens is 358 g/mol. The second kappa shape index (κ2) is 7.95. The third-order valence-corrected chi connectivity index (χ3v) is 5.37. The van der Waals surface area contributed by atoms with E-state index in [0.29, 0.717) is 43.4 Å². The first-order chi connectivity index (χ1) is 13.7. The summed E-state index contributed by atoms with van der Waals surface area (Å²) >= 11 is 0. The highest BCUT2D eigenvalue weighted by atomic mass is 16.3. The van der Waals surface area contributed by atoms with Crippen LogP contribution in [0.3, 0.4) is 0 Å². The summed E-state index contributed by atoms with van der Waals surface area (Å²) in [6.45, 7) is 6.93. The molecule has 1 aliphatic heterocycles. The van der Waals surface area contributed by atoms with Crippen molar-refractivity contribution in [2.45, 2.75) is 52.1 Å². The number of oxazole rings is 1. The van der Waals surface area contributed by atoms with Crippen LogP contribution in [-0.2, 0) is 19.5 Å².